The number of hydrogen-bond acceptors (Lipinski definition) is 3. The number of halogens is 1. The molecule has 0 bridgehead atoms. The van der Waals surface area contributed by atoms with Gasteiger partial charge in [-0.25, -0.2) is 0 Å². The van der Waals surface area contributed by atoms with Crippen molar-refractivity contribution in [2.24, 2.45) is 0 Å². The molecular formula is C11H16BrNO2. The van der Waals surface area contributed by atoms with Crippen LogP contribution in [0.25, 0.3) is 0 Å². The molecule has 1 N–H and O–H groups in total. The molecule has 0 heterocycles. The van der Waals surface area contributed by atoms with Crippen LogP contribution in [0.3, 0.4) is 0 Å². The maximum Gasteiger partial charge on any atom is 0.320 e. The molecule has 0 aromatic heterocycles. The van der Waals surface area contributed by atoms with E-state index in [1.807, 2.05) is 37.3 Å². The van der Waals surface area contributed by atoms with Gasteiger partial charge < -0.3 is 10.1 Å². The summed E-state index contributed by atoms with van der Waals surface area (Å²) in [6.07, 6.45) is 0. The van der Waals surface area contributed by atoms with Gasteiger partial charge in [0.05, 0.1) is 6.54 Å². The Labute approximate surface area is 101 Å². The fraction of sp³-hybridized carbons (Fsp3) is 0.364. The summed E-state index contributed by atoms with van der Waals surface area (Å²) in [6.45, 7) is 3.36. The first-order valence-corrected chi connectivity index (χ1v) is 4.73. The van der Waals surface area contributed by atoms with Crippen LogP contribution in [0.5, 0.6) is 0 Å². The second-order valence-electron chi connectivity index (χ2n) is 2.93. The topological polar surface area (TPSA) is 38.3 Å². The van der Waals surface area contributed by atoms with Gasteiger partial charge in [-0.1, -0.05) is 37.3 Å². The van der Waals surface area contributed by atoms with Crippen molar-refractivity contribution < 1.29 is 9.53 Å². The van der Waals surface area contributed by atoms with E-state index in [4.69, 9.17) is 4.74 Å². The number of ether oxygens (including phenoxy) is 1. The van der Waals surface area contributed by atoms with Crippen molar-refractivity contribution in [2.45, 2.75) is 13.5 Å². The lowest BCUT2D eigenvalue weighted by molar-refractivity contribution is -0.143. The van der Waals surface area contributed by atoms with Gasteiger partial charge in [0.1, 0.15) is 6.61 Å². The Morgan fingerprint density at radius 3 is 2.60 bits per heavy atom. The minimum Gasteiger partial charge on any atom is -0.460 e. The highest BCUT2D eigenvalue weighted by atomic mass is 79.9. The first-order chi connectivity index (χ1) is 6.83. The monoisotopic (exact) mass is 273 g/mol. The summed E-state index contributed by atoms with van der Waals surface area (Å²) in [5.74, 6) is -0.212. The molecule has 3 nitrogen and oxygen atoms in total. The van der Waals surface area contributed by atoms with Crippen LogP contribution in [0.1, 0.15) is 12.5 Å². The Hall–Kier alpha value is -0.870. The van der Waals surface area contributed by atoms with Gasteiger partial charge in [0.15, 0.2) is 0 Å². The average molecular weight is 274 g/mol. The molecule has 1 rings (SSSR count). The van der Waals surface area contributed by atoms with Gasteiger partial charge in [-0.15, -0.1) is 17.0 Å². The van der Waals surface area contributed by atoms with E-state index in [1.54, 1.807) is 0 Å². The molecule has 1 aromatic carbocycles. The Bertz CT molecular complexity index is 277. The van der Waals surface area contributed by atoms with E-state index in [0.29, 0.717) is 6.61 Å². The third kappa shape index (κ3) is 6.25. The van der Waals surface area contributed by atoms with Crippen LogP contribution in [0.4, 0.5) is 0 Å². The number of benzene rings is 1. The molecule has 0 radical (unpaired) electrons. The summed E-state index contributed by atoms with van der Waals surface area (Å²) < 4.78 is 5.03. The molecule has 1 aromatic rings. The number of hydrogen-bond donors (Lipinski definition) is 1. The van der Waals surface area contributed by atoms with Crippen LogP contribution < -0.4 is 5.32 Å². The van der Waals surface area contributed by atoms with E-state index in [2.05, 4.69) is 5.32 Å². The molecule has 0 saturated carbocycles. The third-order valence-electron chi connectivity index (χ3n) is 1.76. The normalized spacial score (nSPS) is 9.13. The Balaban J connectivity index is 0.00000196. The van der Waals surface area contributed by atoms with E-state index in [0.717, 1.165) is 12.1 Å². The van der Waals surface area contributed by atoms with E-state index in [1.165, 1.54) is 0 Å². The van der Waals surface area contributed by atoms with E-state index in [-0.39, 0.29) is 29.5 Å². The summed E-state index contributed by atoms with van der Waals surface area (Å²) in [7, 11) is 0. The van der Waals surface area contributed by atoms with Crippen molar-refractivity contribution in [1.29, 1.82) is 0 Å². The van der Waals surface area contributed by atoms with Gasteiger partial charge >= 0.3 is 5.97 Å². The number of rotatable bonds is 5. The first kappa shape index (κ1) is 14.1. The molecule has 15 heavy (non-hydrogen) atoms. The zero-order chi connectivity index (χ0) is 10.2. The fourth-order valence-electron chi connectivity index (χ4n) is 1.02. The maximum atomic E-state index is 11.1. The summed E-state index contributed by atoms with van der Waals surface area (Å²) in [5, 5.41) is 2.91. The number of carbonyl (C=O) groups is 1. The van der Waals surface area contributed by atoms with Crippen LogP contribution in [0, 0.1) is 0 Å². The minimum atomic E-state index is -0.212. The van der Waals surface area contributed by atoms with Crippen molar-refractivity contribution >= 4 is 23.0 Å². The summed E-state index contributed by atoms with van der Waals surface area (Å²) in [5.41, 5.74) is 1.01. The lowest BCUT2D eigenvalue weighted by Crippen LogP contribution is -2.24. The molecule has 0 unspecified atom stereocenters. The van der Waals surface area contributed by atoms with E-state index in [9.17, 15) is 4.79 Å². The minimum absolute atomic E-state index is 0. The molecule has 0 saturated heterocycles. The summed E-state index contributed by atoms with van der Waals surface area (Å²) >= 11 is 0. The van der Waals surface area contributed by atoms with Crippen LogP contribution in [0.15, 0.2) is 30.3 Å². The SMILES string of the molecule is Br.CCNCC(=O)OCc1ccccc1. The van der Waals surface area contributed by atoms with Crippen molar-refractivity contribution in [3.63, 3.8) is 0 Å². The molecule has 0 aliphatic rings. The average Bonchev–Trinajstić information content (AvgIpc) is 2.25. The lowest BCUT2D eigenvalue weighted by Gasteiger charge is -2.04. The zero-order valence-corrected chi connectivity index (χ0v) is 10.4. The predicted molar refractivity (Wildman–Crippen MR) is 65.1 cm³/mol. The molecular weight excluding hydrogens is 258 g/mol. The molecule has 0 aliphatic heterocycles. The lowest BCUT2D eigenvalue weighted by atomic mass is 10.2. The smallest absolute Gasteiger partial charge is 0.320 e. The van der Waals surface area contributed by atoms with Crippen molar-refractivity contribution in [3.8, 4) is 0 Å². The van der Waals surface area contributed by atoms with E-state index >= 15 is 0 Å². The largest absolute Gasteiger partial charge is 0.460 e. The van der Waals surface area contributed by atoms with Crippen LogP contribution in [-0.4, -0.2) is 19.1 Å². The van der Waals surface area contributed by atoms with Gasteiger partial charge in [-0.05, 0) is 12.1 Å². The standard InChI is InChI=1S/C11H15NO2.BrH/c1-2-12-8-11(13)14-9-10-6-4-3-5-7-10;/h3-7,12H,2,8-9H2,1H3;1H. The second-order valence-corrected chi connectivity index (χ2v) is 2.93. The highest BCUT2D eigenvalue weighted by Gasteiger charge is 2.00. The number of carbonyl (C=O) groups excluding carboxylic acids is 1. The van der Waals surface area contributed by atoms with E-state index < -0.39 is 0 Å². The Kier molecular flexibility index (Phi) is 7.95. The predicted octanol–water partition coefficient (Wildman–Crippen LogP) is 1.92. The summed E-state index contributed by atoms with van der Waals surface area (Å²) in [4.78, 5) is 11.1. The van der Waals surface area contributed by atoms with Gasteiger partial charge in [0.2, 0.25) is 0 Å². The highest BCUT2D eigenvalue weighted by molar-refractivity contribution is 8.93. The van der Waals surface area contributed by atoms with Gasteiger partial charge in [0.25, 0.3) is 0 Å². The molecule has 0 atom stereocenters. The molecule has 0 fully saturated rings. The van der Waals surface area contributed by atoms with Crippen LogP contribution >= 0.6 is 17.0 Å². The quantitative estimate of drug-likeness (QED) is 0.834. The van der Waals surface area contributed by atoms with Crippen LogP contribution in [0.2, 0.25) is 0 Å². The van der Waals surface area contributed by atoms with Crippen molar-refractivity contribution in [1.82, 2.24) is 5.32 Å². The second kappa shape index (κ2) is 8.44. The molecule has 0 spiro atoms. The Morgan fingerprint density at radius 2 is 2.00 bits per heavy atom. The summed E-state index contributed by atoms with van der Waals surface area (Å²) in [6, 6.07) is 9.64. The molecule has 0 aliphatic carbocycles. The third-order valence-corrected chi connectivity index (χ3v) is 1.76. The molecule has 0 amide bonds. The fourth-order valence-corrected chi connectivity index (χ4v) is 1.02. The number of likely N-dealkylation sites (N-methyl/N-ethyl adjacent to an activating group) is 1. The molecule has 84 valence electrons. The first-order valence-electron chi connectivity index (χ1n) is 4.73. The number of esters is 1. The number of nitrogens with one attached hydrogen (secondary N) is 1. The van der Waals surface area contributed by atoms with Crippen molar-refractivity contribution in [2.75, 3.05) is 13.1 Å². The van der Waals surface area contributed by atoms with Crippen LogP contribution in [-0.2, 0) is 16.1 Å². The van der Waals surface area contributed by atoms with Gasteiger partial charge in [0, 0.05) is 0 Å². The highest BCUT2D eigenvalue weighted by Crippen LogP contribution is 2.00. The maximum absolute atomic E-state index is 11.1. The van der Waals surface area contributed by atoms with Crippen molar-refractivity contribution in [3.05, 3.63) is 35.9 Å². The van der Waals surface area contributed by atoms with Gasteiger partial charge in [-0.3, -0.25) is 4.79 Å². The Morgan fingerprint density at radius 1 is 1.33 bits per heavy atom. The van der Waals surface area contributed by atoms with Gasteiger partial charge in [-0.2, -0.15) is 0 Å². The molecule has 4 heteroatoms. The zero-order valence-electron chi connectivity index (χ0n) is 8.73.